The van der Waals surface area contributed by atoms with Crippen molar-refractivity contribution in [3.8, 4) is 0 Å². The molecule has 0 aromatic heterocycles. The Kier molecular flexibility index (Phi) is 7.09. The summed E-state index contributed by atoms with van der Waals surface area (Å²) in [6.45, 7) is 10.2. The van der Waals surface area contributed by atoms with Crippen molar-refractivity contribution in [2.45, 2.75) is 58.6 Å². The fourth-order valence-electron chi connectivity index (χ4n) is 2.76. The van der Waals surface area contributed by atoms with Crippen molar-refractivity contribution < 1.29 is 5.11 Å². The molecule has 102 valence electrons. The first-order chi connectivity index (χ1) is 8.13. The van der Waals surface area contributed by atoms with E-state index >= 15 is 0 Å². The van der Waals surface area contributed by atoms with Crippen LogP contribution >= 0.6 is 0 Å². The van der Waals surface area contributed by atoms with Gasteiger partial charge in [0.15, 0.2) is 0 Å². The summed E-state index contributed by atoms with van der Waals surface area (Å²) in [4.78, 5) is 2.51. The summed E-state index contributed by atoms with van der Waals surface area (Å²) in [5.41, 5.74) is 0. The highest BCUT2D eigenvalue weighted by atomic mass is 16.3. The normalized spacial score (nSPS) is 19.4. The Bertz CT molecular complexity index is 191. The van der Waals surface area contributed by atoms with E-state index in [0.29, 0.717) is 12.0 Å². The van der Waals surface area contributed by atoms with Crippen LogP contribution in [0, 0.1) is 5.92 Å². The van der Waals surface area contributed by atoms with Crippen LogP contribution in [-0.4, -0.2) is 48.3 Å². The Labute approximate surface area is 107 Å². The van der Waals surface area contributed by atoms with E-state index in [-0.39, 0.29) is 6.10 Å². The maximum absolute atomic E-state index is 10.0. The lowest BCUT2D eigenvalue weighted by Gasteiger charge is -2.32. The molecule has 1 fully saturated rings. The van der Waals surface area contributed by atoms with Gasteiger partial charge in [-0.25, -0.2) is 0 Å². The second-order valence-corrected chi connectivity index (χ2v) is 5.75. The fourth-order valence-corrected chi connectivity index (χ4v) is 2.76. The van der Waals surface area contributed by atoms with Crippen LogP contribution in [0.25, 0.3) is 0 Å². The molecule has 1 aliphatic carbocycles. The van der Waals surface area contributed by atoms with E-state index in [2.05, 4.69) is 31.0 Å². The molecule has 0 aliphatic heterocycles. The van der Waals surface area contributed by atoms with Gasteiger partial charge in [0.2, 0.25) is 0 Å². The summed E-state index contributed by atoms with van der Waals surface area (Å²) in [6, 6.07) is 0.716. The molecule has 0 aromatic carbocycles. The zero-order valence-electron chi connectivity index (χ0n) is 11.8. The van der Waals surface area contributed by atoms with Gasteiger partial charge in [-0.1, -0.05) is 33.6 Å². The molecule has 0 spiro atoms. The minimum atomic E-state index is -0.228. The average Bonchev–Trinajstić information content (AvgIpc) is 2.78. The first-order valence-electron chi connectivity index (χ1n) is 7.26. The largest absolute Gasteiger partial charge is 0.390 e. The summed E-state index contributed by atoms with van der Waals surface area (Å²) in [5, 5.41) is 13.2. The topological polar surface area (TPSA) is 35.5 Å². The molecule has 3 heteroatoms. The number of nitrogens with one attached hydrogen (secondary N) is 1. The molecule has 17 heavy (non-hydrogen) atoms. The van der Waals surface area contributed by atoms with Gasteiger partial charge in [0, 0.05) is 25.7 Å². The molecule has 1 aliphatic rings. The molecule has 0 heterocycles. The highest BCUT2D eigenvalue weighted by Gasteiger charge is 2.24. The van der Waals surface area contributed by atoms with Crippen LogP contribution in [0.1, 0.15) is 46.5 Å². The van der Waals surface area contributed by atoms with E-state index in [0.717, 1.165) is 26.2 Å². The van der Waals surface area contributed by atoms with Crippen LogP contribution in [0.15, 0.2) is 0 Å². The number of nitrogens with zero attached hydrogens (tertiary/aromatic N) is 1. The molecule has 0 amide bonds. The first-order valence-corrected chi connectivity index (χ1v) is 7.26. The number of hydrogen-bond donors (Lipinski definition) is 2. The summed E-state index contributed by atoms with van der Waals surface area (Å²) in [7, 11) is 0. The van der Waals surface area contributed by atoms with Crippen molar-refractivity contribution >= 4 is 0 Å². The van der Waals surface area contributed by atoms with Crippen LogP contribution in [0.3, 0.4) is 0 Å². The van der Waals surface area contributed by atoms with Crippen molar-refractivity contribution in [2.24, 2.45) is 5.92 Å². The fraction of sp³-hybridized carbons (Fsp3) is 1.00. The molecular formula is C14H30N2O. The van der Waals surface area contributed by atoms with Crippen molar-refractivity contribution in [3.63, 3.8) is 0 Å². The summed E-state index contributed by atoms with van der Waals surface area (Å²) in [6.07, 6.45) is 5.14. The standard InChI is InChI=1S/C14H30N2O/c1-4-15-9-14(17)11-16(10-12(2)3)13-7-5-6-8-13/h12-15,17H,4-11H2,1-3H3. The molecular weight excluding hydrogens is 212 g/mol. The van der Waals surface area contributed by atoms with Crippen molar-refractivity contribution in [1.29, 1.82) is 0 Å². The molecule has 3 nitrogen and oxygen atoms in total. The maximum Gasteiger partial charge on any atom is 0.0791 e. The number of aliphatic hydroxyl groups excluding tert-OH is 1. The lowest BCUT2D eigenvalue weighted by atomic mass is 10.1. The second kappa shape index (κ2) is 8.06. The summed E-state index contributed by atoms with van der Waals surface area (Å²) in [5.74, 6) is 0.682. The molecule has 1 unspecified atom stereocenters. The van der Waals surface area contributed by atoms with Crippen LogP contribution in [0.5, 0.6) is 0 Å². The van der Waals surface area contributed by atoms with Gasteiger partial charge in [-0.3, -0.25) is 4.90 Å². The predicted octanol–water partition coefficient (Wildman–Crippen LogP) is 1.86. The Morgan fingerprint density at radius 1 is 1.24 bits per heavy atom. The predicted molar refractivity (Wildman–Crippen MR) is 73.2 cm³/mol. The molecule has 1 saturated carbocycles. The van der Waals surface area contributed by atoms with E-state index in [4.69, 9.17) is 0 Å². The van der Waals surface area contributed by atoms with Crippen molar-refractivity contribution in [2.75, 3.05) is 26.2 Å². The first kappa shape index (κ1) is 14.9. The maximum atomic E-state index is 10.0. The van der Waals surface area contributed by atoms with E-state index in [1.54, 1.807) is 0 Å². The zero-order chi connectivity index (χ0) is 12.7. The zero-order valence-corrected chi connectivity index (χ0v) is 11.8. The Hall–Kier alpha value is -0.120. The lowest BCUT2D eigenvalue weighted by molar-refractivity contribution is 0.0796. The quantitative estimate of drug-likeness (QED) is 0.682. The van der Waals surface area contributed by atoms with Crippen molar-refractivity contribution in [3.05, 3.63) is 0 Å². The third-order valence-corrected chi connectivity index (χ3v) is 3.52. The van der Waals surface area contributed by atoms with Crippen molar-refractivity contribution in [1.82, 2.24) is 10.2 Å². The Morgan fingerprint density at radius 3 is 2.41 bits per heavy atom. The molecule has 0 radical (unpaired) electrons. The van der Waals surface area contributed by atoms with Gasteiger partial charge in [0.05, 0.1) is 6.10 Å². The van der Waals surface area contributed by atoms with Gasteiger partial charge in [-0.05, 0) is 25.3 Å². The van der Waals surface area contributed by atoms with Gasteiger partial charge in [-0.2, -0.15) is 0 Å². The molecule has 1 rings (SSSR count). The summed E-state index contributed by atoms with van der Waals surface area (Å²) >= 11 is 0. The molecule has 1 atom stereocenters. The van der Waals surface area contributed by atoms with Gasteiger partial charge < -0.3 is 10.4 Å². The average molecular weight is 242 g/mol. The van der Waals surface area contributed by atoms with Gasteiger partial charge in [0.1, 0.15) is 0 Å². The number of hydrogen-bond acceptors (Lipinski definition) is 3. The highest BCUT2D eigenvalue weighted by Crippen LogP contribution is 2.24. The minimum Gasteiger partial charge on any atom is -0.390 e. The highest BCUT2D eigenvalue weighted by molar-refractivity contribution is 4.80. The van der Waals surface area contributed by atoms with E-state index in [9.17, 15) is 5.11 Å². The van der Waals surface area contributed by atoms with Gasteiger partial charge in [0.25, 0.3) is 0 Å². The third kappa shape index (κ3) is 5.84. The SMILES string of the molecule is CCNCC(O)CN(CC(C)C)C1CCCC1. The van der Waals surface area contributed by atoms with Crippen LogP contribution in [0.4, 0.5) is 0 Å². The number of rotatable bonds is 8. The monoisotopic (exact) mass is 242 g/mol. The lowest BCUT2D eigenvalue weighted by Crippen LogP contribution is -2.44. The smallest absolute Gasteiger partial charge is 0.0791 e. The third-order valence-electron chi connectivity index (χ3n) is 3.52. The van der Waals surface area contributed by atoms with Gasteiger partial charge >= 0.3 is 0 Å². The van der Waals surface area contributed by atoms with E-state index < -0.39 is 0 Å². The minimum absolute atomic E-state index is 0.228. The van der Waals surface area contributed by atoms with Gasteiger partial charge in [-0.15, -0.1) is 0 Å². The summed E-state index contributed by atoms with van der Waals surface area (Å²) < 4.78 is 0. The Balaban J connectivity index is 2.38. The molecule has 0 saturated heterocycles. The second-order valence-electron chi connectivity index (χ2n) is 5.75. The van der Waals surface area contributed by atoms with Crippen LogP contribution in [-0.2, 0) is 0 Å². The molecule has 0 aromatic rings. The Morgan fingerprint density at radius 2 is 1.88 bits per heavy atom. The van der Waals surface area contributed by atoms with E-state index in [1.807, 2.05) is 0 Å². The number of likely N-dealkylation sites (N-methyl/N-ethyl adjacent to an activating group) is 1. The molecule has 2 N–H and O–H groups in total. The van der Waals surface area contributed by atoms with Crippen LogP contribution < -0.4 is 5.32 Å². The molecule has 0 bridgehead atoms. The van der Waals surface area contributed by atoms with E-state index in [1.165, 1.54) is 25.7 Å². The van der Waals surface area contributed by atoms with Crippen LogP contribution in [0.2, 0.25) is 0 Å². The number of aliphatic hydroxyl groups is 1.